The summed E-state index contributed by atoms with van der Waals surface area (Å²) in [6.45, 7) is 10.1. The van der Waals surface area contributed by atoms with E-state index >= 15 is 0 Å². The zero-order chi connectivity index (χ0) is 15.8. The number of carbonyl (C=O) groups is 1. The second-order valence-corrected chi connectivity index (χ2v) is 8.01. The molecule has 2 saturated carbocycles. The molecule has 0 aromatic carbocycles. The Labute approximate surface area is 128 Å². The van der Waals surface area contributed by atoms with E-state index in [9.17, 15) is 4.79 Å². The summed E-state index contributed by atoms with van der Waals surface area (Å²) >= 11 is 0. The van der Waals surface area contributed by atoms with Crippen LogP contribution in [0, 0.1) is 5.41 Å². The Bertz CT molecular complexity index is 383. The third-order valence-corrected chi connectivity index (χ3v) is 4.76. The Morgan fingerprint density at radius 2 is 1.76 bits per heavy atom. The van der Waals surface area contributed by atoms with Crippen LogP contribution < -0.4 is 10.6 Å². The van der Waals surface area contributed by atoms with E-state index in [4.69, 9.17) is 9.47 Å². The maximum Gasteiger partial charge on any atom is 0.407 e. The largest absolute Gasteiger partial charge is 0.444 e. The lowest BCUT2D eigenvalue weighted by Crippen LogP contribution is -2.65. The summed E-state index contributed by atoms with van der Waals surface area (Å²) in [6, 6.07) is 1.24. The molecule has 2 rings (SSSR count). The van der Waals surface area contributed by atoms with Crippen molar-refractivity contribution in [3.8, 4) is 0 Å². The Kier molecular flexibility index (Phi) is 4.54. The van der Waals surface area contributed by atoms with Gasteiger partial charge in [-0.05, 0) is 40.0 Å². The average Bonchev–Trinajstić information content (AvgIpc) is 2.27. The van der Waals surface area contributed by atoms with E-state index in [0.29, 0.717) is 18.2 Å². The van der Waals surface area contributed by atoms with Crippen LogP contribution in [0.4, 0.5) is 4.79 Å². The van der Waals surface area contributed by atoms with Crippen LogP contribution in [0.5, 0.6) is 0 Å². The van der Waals surface area contributed by atoms with Crippen molar-refractivity contribution in [1.82, 2.24) is 10.6 Å². The van der Waals surface area contributed by atoms with E-state index in [-0.39, 0.29) is 17.6 Å². The molecule has 0 spiro atoms. The predicted octanol–water partition coefficient (Wildman–Crippen LogP) is 2.45. The van der Waals surface area contributed by atoms with Gasteiger partial charge in [-0.2, -0.15) is 0 Å². The minimum absolute atomic E-state index is 0.193. The van der Waals surface area contributed by atoms with E-state index in [0.717, 1.165) is 19.3 Å². The van der Waals surface area contributed by atoms with Crippen LogP contribution in [0.15, 0.2) is 0 Å². The molecule has 21 heavy (non-hydrogen) atoms. The average molecular weight is 298 g/mol. The lowest BCUT2D eigenvalue weighted by Gasteiger charge is -2.54. The molecule has 2 aliphatic carbocycles. The van der Waals surface area contributed by atoms with E-state index in [2.05, 4.69) is 24.5 Å². The van der Waals surface area contributed by atoms with Gasteiger partial charge in [0.05, 0.1) is 6.10 Å². The summed E-state index contributed by atoms with van der Waals surface area (Å²) in [6.07, 6.45) is 3.07. The SMILES string of the molecule is COC1CC(NC2CC(NC(=O)OC(C)(C)C)C2)C1(C)C. The molecule has 5 nitrogen and oxygen atoms in total. The van der Waals surface area contributed by atoms with Crippen molar-refractivity contribution in [1.29, 1.82) is 0 Å². The molecule has 0 radical (unpaired) electrons. The van der Waals surface area contributed by atoms with E-state index in [1.165, 1.54) is 0 Å². The van der Waals surface area contributed by atoms with Crippen LogP contribution in [-0.4, -0.2) is 43.0 Å². The van der Waals surface area contributed by atoms with Crippen LogP contribution in [0.2, 0.25) is 0 Å². The first-order valence-electron chi connectivity index (χ1n) is 7.90. The predicted molar refractivity (Wildman–Crippen MR) is 82.3 cm³/mol. The summed E-state index contributed by atoms with van der Waals surface area (Å²) < 4.78 is 10.7. The van der Waals surface area contributed by atoms with Gasteiger partial charge >= 0.3 is 6.09 Å². The quantitative estimate of drug-likeness (QED) is 0.837. The van der Waals surface area contributed by atoms with E-state index in [1.54, 1.807) is 7.11 Å². The summed E-state index contributed by atoms with van der Waals surface area (Å²) in [5, 5.41) is 6.61. The van der Waals surface area contributed by atoms with Crippen LogP contribution in [0.3, 0.4) is 0 Å². The number of hydrogen-bond donors (Lipinski definition) is 2. The highest BCUT2D eigenvalue weighted by atomic mass is 16.6. The minimum atomic E-state index is -0.434. The zero-order valence-corrected chi connectivity index (χ0v) is 14.2. The van der Waals surface area contributed by atoms with Gasteiger partial charge in [0.25, 0.3) is 0 Å². The molecule has 0 heterocycles. The second kappa shape index (κ2) is 5.76. The molecular formula is C16H30N2O3. The summed E-state index contributed by atoms with van der Waals surface area (Å²) in [7, 11) is 1.78. The Morgan fingerprint density at radius 1 is 1.14 bits per heavy atom. The topological polar surface area (TPSA) is 59.6 Å². The third kappa shape index (κ3) is 3.89. The molecule has 2 unspecified atom stereocenters. The van der Waals surface area contributed by atoms with Crippen LogP contribution in [-0.2, 0) is 9.47 Å². The highest BCUT2D eigenvalue weighted by Crippen LogP contribution is 2.43. The monoisotopic (exact) mass is 298 g/mol. The van der Waals surface area contributed by atoms with Crippen molar-refractivity contribution in [2.75, 3.05) is 7.11 Å². The van der Waals surface area contributed by atoms with Gasteiger partial charge in [0.1, 0.15) is 5.60 Å². The molecule has 0 saturated heterocycles. The first-order valence-corrected chi connectivity index (χ1v) is 7.90. The van der Waals surface area contributed by atoms with Crippen LogP contribution >= 0.6 is 0 Å². The second-order valence-electron chi connectivity index (χ2n) is 8.01. The fourth-order valence-corrected chi connectivity index (χ4v) is 3.20. The fraction of sp³-hybridized carbons (Fsp3) is 0.938. The van der Waals surface area contributed by atoms with Crippen molar-refractivity contribution in [3.05, 3.63) is 0 Å². The first kappa shape index (κ1) is 16.6. The standard InChI is InChI=1S/C16H30N2O3/c1-15(2,3)21-14(19)18-11-7-10(8-11)17-12-9-13(20-6)16(12,4)5/h10-13,17H,7-9H2,1-6H3,(H,18,19). The molecule has 0 aromatic heterocycles. The van der Waals surface area contributed by atoms with Gasteiger partial charge in [-0.1, -0.05) is 13.8 Å². The number of methoxy groups -OCH3 is 1. The number of hydrogen-bond acceptors (Lipinski definition) is 4. The van der Waals surface area contributed by atoms with Gasteiger partial charge in [-0.15, -0.1) is 0 Å². The molecule has 2 fully saturated rings. The molecule has 2 aliphatic rings. The lowest BCUT2D eigenvalue weighted by atomic mass is 9.63. The van der Waals surface area contributed by atoms with Crippen molar-refractivity contribution in [3.63, 3.8) is 0 Å². The summed E-state index contributed by atoms with van der Waals surface area (Å²) in [5.41, 5.74) is -0.241. The Hall–Kier alpha value is -0.810. The minimum Gasteiger partial charge on any atom is -0.444 e. The lowest BCUT2D eigenvalue weighted by molar-refractivity contribution is -0.103. The number of alkyl carbamates (subject to hydrolysis) is 1. The van der Waals surface area contributed by atoms with Gasteiger partial charge < -0.3 is 20.1 Å². The molecule has 0 aliphatic heterocycles. The molecular weight excluding hydrogens is 268 g/mol. The van der Waals surface area contributed by atoms with Gasteiger partial charge in [-0.3, -0.25) is 0 Å². The van der Waals surface area contributed by atoms with Crippen molar-refractivity contribution in [2.45, 2.75) is 83.7 Å². The molecule has 0 aromatic rings. The normalized spacial score (nSPS) is 34.6. The molecule has 2 atom stereocenters. The molecule has 2 N–H and O–H groups in total. The van der Waals surface area contributed by atoms with Gasteiger partial charge in [0.2, 0.25) is 0 Å². The maximum atomic E-state index is 11.7. The zero-order valence-electron chi connectivity index (χ0n) is 14.2. The molecule has 5 heteroatoms. The van der Waals surface area contributed by atoms with Crippen molar-refractivity contribution in [2.24, 2.45) is 5.41 Å². The Balaban J connectivity index is 1.65. The number of ether oxygens (including phenoxy) is 2. The number of carbonyl (C=O) groups excluding carboxylic acids is 1. The van der Waals surface area contributed by atoms with Gasteiger partial charge in [-0.25, -0.2) is 4.79 Å². The van der Waals surface area contributed by atoms with Crippen molar-refractivity contribution >= 4 is 6.09 Å². The highest BCUT2D eigenvalue weighted by Gasteiger charge is 2.50. The molecule has 1 amide bonds. The number of rotatable bonds is 4. The van der Waals surface area contributed by atoms with Gasteiger partial charge in [0, 0.05) is 30.7 Å². The third-order valence-electron chi connectivity index (χ3n) is 4.76. The number of amides is 1. The molecule has 122 valence electrons. The highest BCUT2D eigenvalue weighted by molar-refractivity contribution is 5.68. The Morgan fingerprint density at radius 3 is 2.24 bits per heavy atom. The summed E-state index contributed by atoms with van der Waals surface area (Å²) in [5.74, 6) is 0. The van der Waals surface area contributed by atoms with Crippen LogP contribution in [0.1, 0.15) is 53.9 Å². The number of nitrogens with one attached hydrogen (secondary N) is 2. The smallest absolute Gasteiger partial charge is 0.407 e. The van der Waals surface area contributed by atoms with E-state index < -0.39 is 5.60 Å². The maximum absolute atomic E-state index is 11.7. The van der Waals surface area contributed by atoms with Crippen molar-refractivity contribution < 1.29 is 14.3 Å². The van der Waals surface area contributed by atoms with Crippen LogP contribution in [0.25, 0.3) is 0 Å². The molecule has 0 bridgehead atoms. The summed E-state index contributed by atoms with van der Waals surface area (Å²) in [4.78, 5) is 11.7. The van der Waals surface area contributed by atoms with Gasteiger partial charge in [0.15, 0.2) is 0 Å². The first-order chi connectivity index (χ1) is 9.61. The fourth-order valence-electron chi connectivity index (χ4n) is 3.20. The van der Waals surface area contributed by atoms with E-state index in [1.807, 2.05) is 20.8 Å².